The monoisotopic (exact) mass is 304 g/mol. The van der Waals surface area contributed by atoms with Gasteiger partial charge in [-0.1, -0.05) is 12.1 Å². The van der Waals surface area contributed by atoms with Crippen LogP contribution >= 0.6 is 0 Å². The topological polar surface area (TPSA) is 67.4 Å². The largest absolute Gasteiger partial charge is 0.573 e. The first-order valence-corrected chi connectivity index (χ1v) is 6.07. The smallest absolute Gasteiger partial charge is 0.406 e. The SMILES string of the molecule is CC(=O)NC(C)C(=O)NCc1ccc(OC(F)(F)F)cc1. The molecule has 0 fully saturated rings. The number of benzene rings is 1. The lowest BCUT2D eigenvalue weighted by atomic mass is 10.2. The molecule has 2 amide bonds. The molecule has 1 unspecified atom stereocenters. The minimum atomic E-state index is -4.73. The predicted molar refractivity (Wildman–Crippen MR) is 68.3 cm³/mol. The fourth-order valence-electron chi connectivity index (χ4n) is 1.52. The molecule has 0 saturated carbocycles. The van der Waals surface area contributed by atoms with Crippen molar-refractivity contribution in [2.45, 2.75) is 32.8 Å². The molecule has 0 aliphatic heterocycles. The van der Waals surface area contributed by atoms with Crippen LogP contribution in [0.1, 0.15) is 19.4 Å². The standard InChI is InChI=1S/C13H15F3N2O3/c1-8(18-9(2)19)12(20)17-7-10-3-5-11(6-4-10)21-13(14,15)16/h3-6,8H,7H2,1-2H3,(H,17,20)(H,18,19). The predicted octanol–water partition coefficient (Wildman–Crippen LogP) is 1.73. The lowest BCUT2D eigenvalue weighted by molar-refractivity contribution is -0.274. The number of rotatable bonds is 5. The number of alkyl halides is 3. The highest BCUT2D eigenvalue weighted by Gasteiger charge is 2.30. The van der Waals surface area contributed by atoms with Gasteiger partial charge >= 0.3 is 6.36 Å². The number of amides is 2. The van der Waals surface area contributed by atoms with Gasteiger partial charge in [0.15, 0.2) is 0 Å². The van der Waals surface area contributed by atoms with E-state index in [1.54, 1.807) is 0 Å². The van der Waals surface area contributed by atoms with E-state index in [2.05, 4.69) is 15.4 Å². The number of hydrogen-bond acceptors (Lipinski definition) is 3. The highest BCUT2D eigenvalue weighted by Crippen LogP contribution is 2.22. The molecule has 0 aromatic heterocycles. The zero-order valence-corrected chi connectivity index (χ0v) is 11.5. The summed E-state index contributed by atoms with van der Waals surface area (Å²) in [6.07, 6.45) is -4.73. The van der Waals surface area contributed by atoms with Crippen LogP contribution in [0.4, 0.5) is 13.2 Å². The molecule has 21 heavy (non-hydrogen) atoms. The average Bonchev–Trinajstić information content (AvgIpc) is 2.35. The number of halogens is 3. The summed E-state index contributed by atoms with van der Waals surface area (Å²) in [7, 11) is 0. The van der Waals surface area contributed by atoms with Gasteiger partial charge in [-0.15, -0.1) is 13.2 Å². The van der Waals surface area contributed by atoms with Gasteiger partial charge in [0, 0.05) is 13.5 Å². The van der Waals surface area contributed by atoms with E-state index in [9.17, 15) is 22.8 Å². The molecule has 1 atom stereocenters. The first-order valence-electron chi connectivity index (χ1n) is 6.07. The van der Waals surface area contributed by atoms with Crippen molar-refractivity contribution in [2.24, 2.45) is 0 Å². The van der Waals surface area contributed by atoms with Gasteiger partial charge in [0.05, 0.1) is 0 Å². The molecular weight excluding hydrogens is 289 g/mol. The van der Waals surface area contributed by atoms with E-state index in [4.69, 9.17) is 0 Å². The summed E-state index contributed by atoms with van der Waals surface area (Å²) in [5.41, 5.74) is 0.605. The van der Waals surface area contributed by atoms with Crippen LogP contribution in [0.3, 0.4) is 0 Å². The number of nitrogens with one attached hydrogen (secondary N) is 2. The zero-order chi connectivity index (χ0) is 16.0. The summed E-state index contributed by atoms with van der Waals surface area (Å²) in [5, 5.41) is 4.97. The summed E-state index contributed by atoms with van der Waals surface area (Å²) in [5.74, 6) is -1.05. The van der Waals surface area contributed by atoms with Crippen LogP contribution in [-0.4, -0.2) is 24.2 Å². The Morgan fingerprint density at radius 2 is 1.81 bits per heavy atom. The molecule has 1 aromatic rings. The quantitative estimate of drug-likeness (QED) is 0.870. The maximum Gasteiger partial charge on any atom is 0.573 e. The van der Waals surface area contributed by atoms with Crippen molar-refractivity contribution in [3.05, 3.63) is 29.8 Å². The number of carbonyl (C=O) groups excluding carboxylic acids is 2. The number of carbonyl (C=O) groups is 2. The Balaban J connectivity index is 2.49. The van der Waals surface area contributed by atoms with Crippen molar-refractivity contribution >= 4 is 11.8 Å². The molecule has 0 bridgehead atoms. The minimum Gasteiger partial charge on any atom is -0.406 e. The van der Waals surface area contributed by atoms with E-state index in [-0.39, 0.29) is 24.1 Å². The van der Waals surface area contributed by atoms with Crippen molar-refractivity contribution in [1.82, 2.24) is 10.6 Å². The van der Waals surface area contributed by atoms with Crippen LogP contribution in [-0.2, 0) is 16.1 Å². The van der Waals surface area contributed by atoms with Crippen LogP contribution in [0.2, 0.25) is 0 Å². The maximum absolute atomic E-state index is 12.0. The third-order valence-electron chi connectivity index (χ3n) is 2.44. The summed E-state index contributed by atoms with van der Waals surface area (Å²) < 4.78 is 39.7. The summed E-state index contributed by atoms with van der Waals surface area (Å²) in [6.45, 7) is 2.95. The van der Waals surface area contributed by atoms with Crippen LogP contribution in [0.15, 0.2) is 24.3 Å². The summed E-state index contributed by atoms with van der Waals surface area (Å²) in [4.78, 5) is 22.4. The Hall–Kier alpha value is -2.25. The van der Waals surface area contributed by atoms with Gasteiger partial charge in [0.25, 0.3) is 0 Å². The highest BCUT2D eigenvalue weighted by atomic mass is 19.4. The average molecular weight is 304 g/mol. The zero-order valence-electron chi connectivity index (χ0n) is 11.5. The lowest BCUT2D eigenvalue weighted by Crippen LogP contribution is -2.43. The van der Waals surface area contributed by atoms with Crippen LogP contribution in [0.25, 0.3) is 0 Å². The van der Waals surface area contributed by atoms with Crippen LogP contribution in [0.5, 0.6) is 5.75 Å². The maximum atomic E-state index is 12.0. The first kappa shape index (κ1) is 16.8. The van der Waals surface area contributed by atoms with Gasteiger partial charge in [0.1, 0.15) is 11.8 Å². The fourth-order valence-corrected chi connectivity index (χ4v) is 1.52. The molecule has 0 radical (unpaired) electrons. The van der Waals surface area contributed by atoms with Crippen LogP contribution < -0.4 is 15.4 Å². The fraction of sp³-hybridized carbons (Fsp3) is 0.385. The normalized spacial score (nSPS) is 12.4. The van der Waals surface area contributed by atoms with E-state index in [1.165, 1.54) is 26.0 Å². The van der Waals surface area contributed by atoms with Gasteiger partial charge in [-0.05, 0) is 24.6 Å². The van der Waals surface area contributed by atoms with Gasteiger partial charge in [-0.3, -0.25) is 9.59 Å². The Morgan fingerprint density at radius 1 is 1.24 bits per heavy atom. The molecule has 0 aliphatic rings. The molecule has 0 heterocycles. The Kier molecular flexibility index (Phi) is 5.57. The second-order valence-corrected chi connectivity index (χ2v) is 4.33. The molecule has 116 valence electrons. The van der Waals surface area contributed by atoms with Crippen molar-refractivity contribution < 1.29 is 27.5 Å². The highest BCUT2D eigenvalue weighted by molar-refractivity contribution is 5.86. The van der Waals surface area contributed by atoms with Crippen molar-refractivity contribution in [1.29, 1.82) is 0 Å². The minimum absolute atomic E-state index is 0.134. The van der Waals surface area contributed by atoms with Crippen molar-refractivity contribution in [3.63, 3.8) is 0 Å². The van der Waals surface area contributed by atoms with Gasteiger partial charge < -0.3 is 15.4 Å². The van der Waals surface area contributed by atoms with E-state index in [0.717, 1.165) is 12.1 Å². The molecular formula is C13H15F3N2O3. The number of hydrogen-bond donors (Lipinski definition) is 2. The molecule has 5 nitrogen and oxygen atoms in total. The molecule has 2 N–H and O–H groups in total. The van der Waals surface area contributed by atoms with E-state index < -0.39 is 12.4 Å². The third-order valence-corrected chi connectivity index (χ3v) is 2.44. The molecule has 0 saturated heterocycles. The van der Waals surface area contributed by atoms with E-state index in [1.807, 2.05) is 0 Å². The van der Waals surface area contributed by atoms with Gasteiger partial charge in [-0.25, -0.2) is 0 Å². The first-order chi connectivity index (χ1) is 9.67. The molecule has 1 aromatic carbocycles. The Labute approximate surface area is 119 Å². The van der Waals surface area contributed by atoms with E-state index in [0.29, 0.717) is 5.56 Å². The Morgan fingerprint density at radius 3 is 2.29 bits per heavy atom. The molecule has 1 rings (SSSR count). The molecule has 0 aliphatic carbocycles. The van der Waals surface area contributed by atoms with Gasteiger partial charge in [-0.2, -0.15) is 0 Å². The summed E-state index contributed by atoms with van der Waals surface area (Å²) in [6, 6.07) is 4.45. The molecule has 8 heteroatoms. The van der Waals surface area contributed by atoms with E-state index >= 15 is 0 Å². The second-order valence-electron chi connectivity index (χ2n) is 4.33. The van der Waals surface area contributed by atoms with Gasteiger partial charge in [0.2, 0.25) is 11.8 Å². The van der Waals surface area contributed by atoms with Crippen molar-refractivity contribution in [3.8, 4) is 5.75 Å². The second kappa shape index (κ2) is 6.96. The van der Waals surface area contributed by atoms with Crippen LogP contribution in [0, 0.1) is 0 Å². The van der Waals surface area contributed by atoms with Crippen molar-refractivity contribution in [2.75, 3.05) is 0 Å². The lowest BCUT2D eigenvalue weighted by Gasteiger charge is -2.13. The number of ether oxygens (including phenoxy) is 1. The third kappa shape index (κ3) is 6.64. The molecule has 0 spiro atoms. The summed E-state index contributed by atoms with van der Waals surface area (Å²) >= 11 is 0. The Bertz CT molecular complexity index is 500.